The summed E-state index contributed by atoms with van der Waals surface area (Å²) in [5.74, 6) is 0. The van der Waals surface area contributed by atoms with Crippen molar-refractivity contribution in [2.24, 2.45) is 5.10 Å². The van der Waals surface area contributed by atoms with Crippen LogP contribution in [0.25, 0.3) is 11.0 Å². The van der Waals surface area contributed by atoms with E-state index >= 15 is 0 Å². The monoisotopic (exact) mass is 438 g/mol. The fourth-order valence-corrected chi connectivity index (χ4v) is 3.21. The van der Waals surface area contributed by atoms with Crippen molar-refractivity contribution in [2.75, 3.05) is 5.43 Å². The molecule has 0 saturated heterocycles. The molecule has 1 aromatic heterocycles. The molecule has 4 rings (SSSR count). The maximum Gasteiger partial charge on any atom is 0.276 e. The van der Waals surface area contributed by atoms with Gasteiger partial charge in [-0.3, -0.25) is 10.2 Å². The Morgan fingerprint density at radius 1 is 1.00 bits per heavy atom. The maximum absolute atomic E-state index is 12.8. The van der Waals surface area contributed by atoms with Gasteiger partial charge in [-0.25, -0.2) is 4.98 Å². The fourth-order valence-electron chi connectivity index (χ4n) is 2.92. The summed E-state index contributed by atoms with van der Waals surface area (Å²) in [7, 11) is 0. The van der Waals surface area contributed by atoms with Crippen LogP contribution in [0.5, 0.6) is 0 Å². The number of aromatic nitrogens is 2. The van der Waals surface area contributed by atoms with Crippen molar-refractivity contribution in [1.82, 2.24) is 9.97 Å². The molecule has 150 valence electrons. The molecule has 0 unspecified atom stereocenters. The van der Waals surface area contributed by atoms with E-state index in [2.05, 4.69) is 20.5 Å². The van der Waals surface area contributed by atoms with Crippen LogP contribution in [-0.4, -0.2) is 20.8 Å². The molecule has 0 radical (unpaired) electrons. The summed E-state index contributed by atoms with van der Waals surface area (Å²) in [5, 5.41) is 16.4. The van der Waals surface area contributed by atoms with Crippen LogP contribution in [-0.2, 0) is 0 Å². The average Bonchev–Trinajstić information content (AvgIpc) is 2.75. The Bertz CT molecular complexity index is 1270. The lowest BCUT2D eigenvalue weighted by molar-refractivity contribution is 0.247. The van der Waals surface area contributed by atoms with E-state index in [0.29, 0.717) is 32.3 Å². The molecule has 0 spiro atoms. The maximum atomic E-state index is 12.8. The molecule has 1 atom stereocenters. The van der Waals surface area contributed by atoms with Crippen molar-refractivity contribution < 1.29 is 5.11 Å². The first-order valence-electron chi connectivity index (χ1n) is 9.03. The number of halogens is 2. The third-order valence-corrected chi connectivity index (χ3v) is 4.91. The molecule has 3 N–H and O–H groups in total. The second-order valence-electron chi connectivity index (χ2n) is 6.50. The van der Waals surface area contributed by atoms with Gasteiger partial charge in [0.25, 0.3) is 5.56 Å². The number of rotatable bonds is 5. The van der Waals surface area contributed by atoms with Gasteiger partial charge in [-0.05, 0) is 48.0 Å². The Balaban J connectivity index is 1.83. The van der Waals surface area contributed by atoms with Gasteiger partial charge in [-0.1, -0.05) is 53.5 Å². The molecular weight excluding hydrogens is 423 g/mol. The largest absolute Gasteiger partial charge is 0.382 e. The van der Waals surface area contributed by atoms with Gasteiger partial charge in [0, 0.05) is 10.0 Å². The first kappa shape index (κ1) is 20.1. The standard InChI is InChI=1S/C22H16Cl2N4O2/c23-14-8-6-13(7-9-14)21(29)19(28-27-16-4-2-1-3-5-16)20-22(30)26-18-12-15(24)10-11-17(18)25-20/h1-12,21,27,29H,(H,26,30)/b28-19+/t21-/m0/s1. The summed E-state index contributed by atoms with van der Waals surface area (Å²) >= 11 is 12.0. The molecule has 4 aromatic rings. The number of hydrazone groups is 1. The summed E-state index contributed by atoms with van der Waals surface area (Å²) in [6.07, 6.45) is -1.21. The Labute approximate surface area is 181 Å². The molecule has 0 aliphatic heterocycles. The third-order valence-electron chi connectivity index (χ3n) is 4.42. The molecule has 6 nitrogen and oxygen atoms in total. The molecule has 0 fully saturated rings. The molecule has 30 heavy (non-hydrogen) atoms. The molecule has 0 bridgehead atoms. The highest BCUT2D eigenvalue weighted by atomic mass is 35.5. The topological polar surface area (TPSA) is 90.4 Å². The predicted octanol–water partition coefficient (Wildman–Crippen LogP) is 4.78. The van der Waals surface area contributed by atoms with E-state index in [1.54, 1.807) is 42.5 Å². The first-order chi connectivity index (χ1) is 14.5. The van der Waals surface area contributed by atoms with Crippen molar-refractivity contribution in [3.05, 3.63) is 104 Å². The number of H-pyrrole nitrogens is 1. The van der Waals surface area contributed by atoms with Crippen LogP contribution < -0.4 is 11.0 Å². The minimum atomic E-state index is -1.21. The third kappa shape index (κ3) is 4.36. The molecule has 3 aromatic carbocycles. The number of nitrogens with zero attached hydrogens (tertiary/aromatic N) is 2. The molecule has 0 aliphatic rings. The molecule has 1 heterocycles. The van der Waals surface area contributed by atoms with Gasteiger partial charge in [0.1, 0.15) is 11.8 Å². The predicted molar refractivity (Wildman–Crippen MR) is 120 cm³/mol. The van der Waals surface area contributed by atoms with Gasteiger partial charge >= 0.3 is 0 Å². The zero-order valence-electron chi connectivity index (χ0n) is 15.5. The molecule has 0 amide bonds. The number of aliphatic hydroxyl groups is 1. The minimum absolute atomic E-state index is 0.00398. The summed E-state index contributed by atoms with van der Waals surface area (Å²) in [5.41, 5.74) is 4.68. The van der Waals surface area contributed by atoms with Crippen LogP contribution in [0, 0.1) is 0 Å². The smallest absolute Gasteiger partial charge is 0.276 e. The van der Waals surface area contributed by atoms with E-state index in [9.17, 15) is 9.90 Å². The number of fused-ring (bicyclic) bond motifs is 1. The van der Waals surface area contributed by atoms with Crippen LogP contribution in [0.2, 0.25) is 10.0 Å². The highest BCUT2D eigenvalue weighted by Gasteiger charge is 2.22. The zero-order valence-corrected chi connectivity index (χ0v) is 17.0. The quantitative estimate of drug-likeness (QED) is 0.308. The van der Waals surface area contributed by atoms with Gasteiger partial charge in [0.05, 0.1) is 16.7 Å². The lowest BCUT2D eigenvalue weighted by Gasteiger charge is -2.15. The van der Waals surface area contributed by atoms with Crippen LogP contribution in [0.3, 0.4) is 0 Å². The Morgan fingerprint density at radius 3 is 2.43 bits per heavy atom. The minimum Gasteiger partial charge on any atom is -0.382 e. The second-order valence-corrected chi connectivity index (χ2v) is 7.38. The van der Waals surface area contributed by atoms with E-state index in [1.165, 1.54) is 0 Å². The fraction of sp³-hybridized carbons (Fsp3) is 0.0455. The normalized spacial score (nSPS) is 12.7. The van der Waals surface area contributed by atoms with E-state index < -0.39 is 11.7 Å². The lowest BCUT2D eigenvalue weighted by Crippen LogP contribution is -2.26. The number of nitrogens with one attached hydrogen (secondary N) is 2. The first-order valence-corrected chi connectivity index (χ1v) is 9.79. The van der Waals surface area contributed by atoms with Crippen molar-refractivity contribution in [1.29, 1.82) is 0 Å². The van der Waals surface area contributed by atoms with Crippen molar-refractivity contribution in [3.63, 3.8) is 0 Å². The Kier molecular flexibility index (Phi) is 5.81. The lowest BCUT2D eigenvalue weighted by atomic mass is 10.0. The average molecular weight is 439 g/mol. The van der Waals surface area contributed by atoms with Crippen LogP contribution in [0.1, 0.15) is 17.4 Å². The van der Waals surface area contributed by atoms with E-state index in [0.717, 1.165) is 0 Å². The van der Waals surface area contributed by atoms with Gasteiger partial charge in [0.15, 0.2) is 5.69 Å². The number of benzene rings is 3. The van der Waals surface area contributed by atoms with Crippen LogP contribution in [0.4, 0.5) is 5.69 Å². The van der Waals surface area contributed by atoms with Crippen molar-refractivity contribution >= 4 is 45.6 Å². The van der Waals surface area contributed by atoms with E-state index in [4.69, 9.17) is 23.2 Å². The summed E-state index contributed by atoms with van der Waals surface area (Å²) in [4.78, 5) is 20.0. The zero-order chi connectivity index (χ0) is 21.1. The number of para-hydroxylation sites is 1. The number of aromatic amines is 1. The molecule has 0 saturated carbocycles. The molecule has 0 aliphatic carbocycles. The number of anilines is 1. The SMILES string of the molecule is O=c1[nH]c2cc(Cl)ccc2nc1/C(=N\Nc1ccccc1)[C@@H](O)c1ccc(Cl)cc1. The molecule has 8 heteroatoms. The van der Waals surface area contributed by atoms with Gasteiger partial charge in [-0.15, -0.1) is 0 Å². The number of hydrogen-bond donors (Lipinski definition) is 3. The van der Waals surface area contributed by atoms with Crippen molar-refractivity contribution in [2.45, 2.75) is 6.10 Å². The van der Waals surface area contributed by atoms with Gasteiger partial charge in [0.2, 0.25) is 0 Å². The Morgan fingerprint density at radius 2 is 1.70 bits per heavy atom. The van der Waals surface area contributed by atoms with Crippen LogP contribution in [0.15, 0.2) is 82.7 Å². The van der Waals surface area contributed by atoms with E-state index in [1.807, 2.05) is 30.3 Å². The number of hydrogen-bond acceptors (Lipinski definition) is 5. The van der Waals surface area contributed by atoms with E-state index in [-0.39, 0.29) is 11.4 Å². The van der Waals surface area contributed by atoms with Gasteiger partial charge in [-0.2, -0.15) is 5.10 Å². The second kappa shape index (κ2) is 8.67. The van der Waals surface area contributed by atoms with Gasteiger partial charge < -0.3 is 10.1 Å². The summed E-state index contributed by atoms with van der Waals surface area (Å²) in [6.45, 7) is 0. The van der Waals surface area contributed by atoms with Crippen LogP contribution >= 0.6 is 23.2 Å². The highest BCUT2D eigenvalue weighted by molar-refractivity contribution is 6.31. The number of aliphatic hydroxyl groups excluding tert-OH is 1. The van der Waals surface area contributed by atoms with Crippen molar-refractivity contribution in [3.8, 4) is 0 Å². The summed E-state index contributed by atoms with van der Waals surface area (Å²) < 4.78 is 0. The Hall–Kier alpha value is -3.19. The summed E-state index contributed by atoms with van der Waals surface area (Å²) in [6, 6.07) is 20.8. The highest BCUT2D eigenvalue weighted by Crippen LogP contribution is 2.21. The molecular formula is C22H16Cl2N4O2.